The molecule has 1 saturated carbocycles. The van der Waals surface area contributed by atoms with Crippen molar-refractivity contribution in [1.82, 2.24) is 14.5 Å². The van der Waals surface area contributed by atoms with Gasteiger partial charge in [-0.05, 0) is 65.1 Å². The molecule has 10 heteroatoms. The van der Waals surface area contributed by atoms with Gasteiger partial charge < -0.3 is 4.90 Å². The Kier molecular flexibility index (Phi) is 5.36. The molecule has 4 rings (SSSR count). The molecule has 1 aromatic heterocycles. The molecule has 2 aromatic rings. The van der Waals surface area contributed by atoms with Gasteiger partial charge in [0.15, 0.2) is 0 Å². The van der Waals surface area contributed by atoms with Crippen LogP contribution in [0, 0.1) is 21.2 Å². The van der Waals surface area contributed by atoms with Gasteiger partial charge in [0.1, 0.15) is 5.82 Å². The van der Waals surface area contributed by atoms with Crippen LogP contribution in [-0.4, -0.2) is 34.1 Å². The average Bonchev–Trinajstić information content (AvgIpc) is 3.02. The number of aryl methyl sites for hydroxylation is 1. The molecule has 2 heterocycles. The summed E-state index contributed by atoms with van der Waals surface area (Å²) >= 11 is 1.87. The number of likely N-dealkylation sites (tertiary alicyclic amines) is 1. The molecule has 2 aliphatic rings. The second kappa shape index (κ2) is 7.47. The first-order valence-electron chi connectivity index (χ1n) is 9.63. The molecule has 0 spiro atoms. The van der Waals surface area contributed by atoms with Gasteiger partial charge in [0, 0.05) is 31.2 Å². The highest BCUT2D eigenvalue weighted by Crippen LogP contribution is 2.64. The number of alkyl halides is 3. The van der Waals surface area contributed by atoms with Crippen LogP contribution >= 0.6 is 22.6 Å². The topological polar surface area (TPSA) is 58.1 Å². The van der Waals surface area contributed by atoms with Crippen molar-refractivity contribution in [2.75, 3.05) is 19.6 Å². The van der Waals surface area contributed by atoms with E-state index >= 15 is 0 Å². The van der Waals surface area contributed by atoms with E-state index in [1.54, 1.807) is 0 Å². The molecule has 1 aliphatic heterocycles. The summed E-state index contributed by atoms with van der Waals surface area (Å²) in [5, 5.41) is 0. The average molecular weight is 537 g/mol. The van der Waals surface area contributed by atoms with Crippen LogP contribution in [0.15, 0.2) is 34.0 Å². The molecule has 1 aliphatic carbocycles. The zero-order valence-electron chi connectivity index (χ0n) is 16.1. The lowest BCUT2D eigenvalue weighted by Crippen LogP contribution is -2.33. The van der Waals surface area contributed by atoms with Crippen molar-refractivity contribution >= 4 is 22.6 Å². The normalized spacial score (nSPS) is 26.1. The number of H-pyrrole nitrogens is 1. The predicted octanol–water partition coefficient (Wildman–Crippen LogP) is 3.21. The molecule has 30 heavy (non-hydrogen) atoms. The summed E-state index contributed by atoms with van der Waals surface area (Å²) in [5.41, 5.74) is -1.92. The standard InChI is InChI=1S/C20H20F4IN3O2/c1-11-14-8-27(5-2-6-28-9-16(25)17(29)26-18(28)30)10-19(11,14)13-4-3-12(7-15(13)21)20(22,23)24/h3-4,7,9,11,14H,2,5-6,8,10H2,1H3,(H,26,29,30)/t11-,14+,19-/m0/s1. The second-order valence-electron chi connectivity index (χ2n) is 8.15. The fourth-order valence-corrected chi connectivity index (χ4v) is 5.38. The molecule has 1 saturated heterocycles. The van der Waals surface area contributed by atoms with Gasteiger partial charge in [0.05, 0.1) is 9.13 Å². The Balaban J connectivity index is 1.43. The van der Waals surface area contributed by atoms with Gasteiger partial charge in [-0.15, -0.1) is 0 Å². The molecular weight excluding hydrogens is 517 g/mol. The van der Waals surface area contributed by atoms with Gasteiger partial charge in [-0.25, -0.2) is 9.18 Å². The number of halogens is 5. The highest BCUT2D eigenvalue weighted by atomic mass is 127. The van der Waals surface area contributed by atoms with Gasteiger partial charge >= 0.3 is 11.9 Å². The largest absolute Gasteiger partial charge is 0.416 e. The number of nitrogens with one attached hydrogen (secondary N) is 1. The van der Waals surface area contributed by atoms with Gasteiger partial charge in [0.25, 0.3) is 5.56 Å². The maximum atomic E-state index is 14.6. The van der Waals surface area contributed by atoms with Gasteiger partial charge in [-0.1, -0.05) is 13.0 Å². The smallest absolute Gasteiger partial charge is 0.302 e. The minimum Gasteiger partial charge on any atom is -0.302 e. The zero-order chi connectivity index (χ0) is 21.8. The van der Waals surface area contributed by atoms with E-state index in [0.29, 0.717) is 41.3 Å². The highest BCUT2D eigenvalue weighted by molar-refractivity contribution is 14.1. The van der Waals surface area contributed by atoms with Crippen molar-refractivity contribution in [1.29, 1.82) is 0 Å². The lowest BCUT2D eigenvalue weighted by molar-refractivity contribution is -0.137. The van der Waals surface area contributed by atoms with Crippen molar-refractivity contribution < 1.29 is 17.6 Å². The first-order chi connectivity index (χ1) is 14.0. The lowest BCUT2D eigenvalue weighted by atomic mass is 9.91. The van der Waals surface area contributed by atoms with Crippen molar-refractivity contribution in [2.24, 2.45) is 11.8 Å². The maximum Gasteiger partial charge on any atom is 0.416 e. The number of piperidine rings is 1. The molecule has 3 atom stereocenters. The summed E-state index contributed by atoms with van der Waals surface area (Å²) in [5.74, 6) is -0.376. The van der Waals surface area contributed by atoms with E-state index < -0.39 is 34.2 Å². The van der Waals surface area contributed by atoms with Crippen molar-refractivity contribution in [2.45, 2.75) is 31.5 Å². The second-order valence-corrected chi connectivity index (χ2v) is 9.31. The summed E-state index contributed by atoms with van der Waals surface area (Å²) in [7, 11) is 0. The van der Waals surface area contributed by atoms with Crippen molar-refractivity contribution in [3.05, 3.63) is 65.7 Å². The van der Waals surface area contributed by atoms with Gasteiger partial charge in [-0.3, -0.25) is 14.3 Å². The first-order valence-corrected chi connectivity index (χ1v) is 10.7. The molecular formula is C20H20F4IN3O2. The third-order valence-electron chi connectivity index (χ3n) is 6.55. The Bertz CT molecular complexity index is 1100. The Morgan fingerprint density at radius 3 is 2.67 bits per heavy atom. The first kappa shape index (κ1) is 21.5. The molecule has 1 aromatic carbocycles. The van der Waals surface area contributed by atoms with E-state index in [1.165, 1.54) is 16.8 Å². The van der Waals surface area contributed by atoms with Crippen LogP contribution in [0.4, 0.5) is 17.6 Å². The van der Waals surface area contributed by atoms with Crippen molar-refractivity contribution in [3.8, 4) is 0 Å². The number of nitrogens with zero attached hydrogens (tertiary/aromatic N) is 2. The maximum absolute atomic E-state index is 14.6. The molecule has 0 unspecified atom stereocenters. The van der Waals surface area contributed by atoms with Crippen LogP contribution in [0.5, 0.6) is 0 Å². The number of rotatable bonds is 5. The molecule has 1 N–H and O–H groups in total. The molecule has 0 radical (unpaired) electrons. The van der Waals surface area contributed by atoms with E-state index in [1.807, 2.05) is 29.5 Å². The molecule has 5 nitrogen and oxygen atoms in total. The van der Waals surface area contributed by atoms with Crippen molar-refractivity contribution in [3.63, 3.8) is 0 Å². The van der Waals surface area contributed by atoms with E-state index in [-0.39, 0.29) is 11.8 Å². The predicted molar refractivity (Wildman–Crippen MR) is 111 cm³/mol. The summed E-state index contributed by atoms with van der Waals surface area (Å²) in [6.07, 6.45) is -2.38. The summed E-state index contributed by atoms with van der Waals surface area (Å²) in [6, 6.07) is 2.85. The van der Waals surface area contributed by atoms with E-state index in [0.717, 1.165) is 12.6 Å². The summed E-state index contributed by atoms with van der Waals surface area (Å²) in [6.45, 7) is 4.46. The number of hydrogen-bond donors (Lipinski definition) is 1. The third-order valence-corrected chi connectivity index (χ3v) is 7.32. The minimum absolute atomic E-state index is 0.209. The number of benzene rings is 1. The summed E-state index contributed by atoms with van der Waals surface area (Å²) < 4.78 is 55.1. The van der Waals surface area contributed by atoms with Crippen LogP contribution in [-0.2, 0) is 18.1 Å². The number of hydrogen-bond acceptors (Lipinski definition) is 3. The van der Waals surface area contributed by atoms with Crippen LogP contribution in [0.2, 0.25) is 0 Å². The zero-order valence-corrected chi connectivity index (χ0v) is 18.3. The number of fused-ring (bicyclic) bond motifs is 1. The van der Waals surface area contributed by atoms with E-state index in [4.69, 9.17) is 0 Å². The molecule has 162 valence electrons. The Hall–Kier alpha value is -1.69. The van der Waals surface area contributed by atoms with E-state index in [9.17, 15) is 27.2 Å². The Labute approximate surface area is 183 Å². The fraction of sp³-hybridized carbons (Fsp3) is 0.500. The molecule has 0 amide bonds. The monoisotopic (exact) mass is 537 g/mol. The SMILES string of the molecule is C[C@H]1[C@H]2CN(CCCn3cc(I)c(=O)[nH]c3=O)C[C@]21c1ccc(C(F)(F)F)cc1F. The van der Waals surface area contributed by atoms with Gasteiger partial charge in [-0.2, -0.15) is 13.2 Å². The van der Waals surface area contributed by atoms with Gasteiger partial charge in [0.2, 0.25) is 0 Å². The van der Waals surface area contributed by atoms with Crippen LogP contribution < -0.4 is 11.2 Å². The van der Waals surface area contributed by atoms with Crippen LogP contribution in [0.1, 0.15) is 24.5 Å². The third kappa shape index (κ3) is 3.61. The van der Waals surface area contributed by atoms with E-state index in [2.05, 4.69) is 9.88 Å². The Morgan fingerprint density at radius 1 is 1.27 bits per heavy atom. The van der Waals surface area contributed by atoms with Crippen LogP contribution in [0.3, 0.4) is 0 Å². The lowest BCUT2D eigenvalue weighted by Gasteiger charge is -2.24. The minimum atomic E-state index is -4.56. The molecule has 0 bridgehead atoms. The number of aromatic amines is 1. The Morgan fingerprint density at radius 2 is 2.00 bits per heavy atom. The van der Waals surface area contributed by atoms with Crippen LogP contribution in [0.25, 0.3) is 0 Å². The molecule has 2 fully saturated rings. The number of aromatic nitrogens is 2. The highest BCUT2D eigenvalue weighted by Gasteiger charge is 2.67. The quantitative estimate of drug-likeness (QED) is 0.471. The summed E-state index contributed by atoms with van der Waals surface area (Å²) in [4.78, 5) is 27.7. The fourth-order valence-electron chi connectivity index (χ4n) is 4.90.